The van der Waals surface area contributed by atoms with Crippen LogP contribution in [0.1, 0.15) is 23.7 Å². The van der Waals surface area contributed by atoms with E-state index in [0.29, 0.717) is 40.5 Å². The van der Waals surface area contributed by atoms with Crippen molar-refractivity contribution in [1.29, 1.82) is 0 Å². The van der Waals surface area contributed by atoms with Gasteiger partial charge in [-0.05, 0) is 48.2 Å². The van der Waals surface area contributed by atoms with Crippen molar-refractivity contribution in [1.82, 2.24) is 19.9 Å². The van der Waals surface area contributed by atoms with Crippen LogP contribution < -0.4 is 42.5 Å². The Morgan fingerprint density at radius 3 is 1.98 bits per heavy atom. The van der Waals surface area contributed by atoms with Crippen LogP contribution in [0.5, 0.6) is 17.2 Å². The Kier molecular flexibility index (Phi) is 9.96. The highest BCUT2D eigenvalue weighted by molar-refractivity contribution is 6.30. The predicted octanol–water partition coefficient (Wildman–Crippen LogP) is 5.26. The number of hydrogen-bond acceptors (Lipinski definition) is 12. The molecule has 5 aromatic rings. The molecule has 0 atom stereocenters. The summed E-state index contributed by atoms with van der Waals surface area (Å²) in [6.45, 7) is 4.56. The molecule has 44 heavy (non-hydrogen) atoms. The standard InChI is InChI=1S/C19H23N5O3.C12H13ClN4/c1-10-11(5-6-13-16(10)18(20)24-19(21)23-13)9-22-12-7-14(25-2)17(27-4)15(8-12)26-3;1-2-9-10(11(14)17-12(15)16-9)7-3-5-8(13)6-4-7/h5-8,22H,9H2,1-4H3,(H4,20,21,23,24);3-6H,2H2,1H3,(H4,14,15,16,17). The van der Waals surface area contributed by atoms with Crippen LogP contribution in [0.3, 0.4) is 0 Å². The molecule has 0 aliphatic carbocycles. The lowest BCUT2D eigenvalue weighted by Crippen LogP contribution is -2.06. The summed E-state index contributed by atoms with van der Waals surface area (Å²) < 4.78 is 16.1. The van der Waals surface area contributed by atoms with E-state index in [1.54, 1.807) is 21.3 Å². The molecule has 0 saturated heterocycles. The van der Waals surface area contributed by atoms with E-state index >= 15 is 0 Å². The van der Waals surface area contributed by atoms with Crippen molar-refractivity contribution in [3.05, 3.63) is 70.4 Å². The van der Waals surface area contributed by atoms with Crippen LogP contribution >= 0.6 is 11.6 Å². The number of methoxy groups -OCH3 is 3. The van der Waals surface area contributed by atoms with Gasteiger partial charge in [-0.3, -0.25) is 0 Å². The average Bonchev–Trinajstić information content (AvgIpc) is 3.00. The van der Waals surface area contributed by atoms with Crippen LogP contribution in [-0.4, -0.2) is 41.3 Å². The zero-order valence-corrected chi connectivity index (χ0v) is 26.0. The Morgan fingerprint density at radius 1 is 0.773 bits per heavy atom. The van der Waals surface area contributed by atoms with Gasteiger partial charge in [-0.2, -0.15) is 9.97 Å². The first-order valence-electron chi connectivity index (χ1n) is 13.6. The lowest BCUT2D eigenvalue weighted by atomic mass is 10.0. The number of rotatable bonds is 8. The van der Waals surface area contributed by atoms with Gasteiger partial charge < -0.3 is 42.5 Å². The monoisotopic (exact) mass is 617 g/mol. The molecule has 5 rings (SSSR count). The Labute approximate surface area is 260 Å². The van der Waals surface area contributed by atoms with Crippen molar-refractivity contribution >= 4 is 51.7 Å². The maximum atomic E-state index is 6.04. The topological polar surface area (TPSA) is 195 Å². The Bertz CT molecular complexity index is 1760. The number of benzene rings is 3. The molecule has 0 aliphatic rings. The summed E-state index contributed by atoms with van der Waals surface area (Å²) in [4.78, 5) is 16.5. The molecule has 9 N–H and O–H groups in total. The number of aryl methyl sites for hydroxylation is 2. The second kappa shape index (κ2) is 13.8. The second-order valence-corrected chi connectivity index (χ2v) is 10.1. The second-order valence-electron chi connectivity index (χ2n) is 9.63. The minimum Gasteiger partial charge on any atom is -0.493 e. The molecule has 0 amide bonds. The van der Waals surface area contributed by atoms with Crippen LogP contribution in [0.15, 0.2) is 48.5 Å². The SMILES string of the molecule is CCc1nc(N)nc(N)c1-c1ccc(Cl)cc1.COc1cc(NCc2ccc3nc(N)nc(N)c3c2C)cc(OC)c1OC. The van der Waals surface area contributed by atoms with E-state index in [-0.39, 0.29) is 11.9 Å². The van der Waals surface area contributed by atoms with E-state index in [1.165, 1.54) is 0 Å². The molecule has 2 heterocycles. The normalized spacial score (nSPS) is 10.6. The summed E-state index contributed by atoms with van der Waals surface area (Å²) >= 11 is 5.86. The van der Waals surface area contributed by atoms with Gasteiger partial charge in [0.05, 0.1) is 32.5 Å². The van der Waals surface area contributed by atoms with Crippen molar-refractivity contribution in [3.63, 3.8) is 0 Å². The van der Waals surface area contributed by atoms with Crippen LogP contribution in [0, 0.1) is 6.92 Å². The summed E-state index contributed by atoms with van der Waals surface area (Å²) in [5.74, 6) is 2.88. The fraction of sp³-hybridized carbons (Fsp3) is 0.226. The highest BCUT2D eigenvalue weighted by atomic mass is 35.5. The minimum absolute atomic E-state index is 0.169. The predicted molar refractivity (Wildman–Crippen MR) is 177 cm³/mol. The summed E-state index contributed by atoms with van der Waals surface area (Å²) in [5.41, 5.74) is 29.5. The number of aromatic nitrogens is 4. The molecule has 3 aromatic carbocycles. The van der Waals surface area contributed by atoms with Gasteiger partial charge >= 0.3 is 0 Å². The molecule has 0 bridgehead atoms. The van der Waals surface area contributed by atoms with Crippen molar-refractivity contribution in [2.24, 2.45) is 0 Å². The molecule has 0 unspecified atom stereocenters. The van der Waals surface area contributed by atoms with Crippen LogP contribution in [0.4, 0.5) is 29.2 Å². The van der Waals surface area contributed by atoms with Gasteiger partial charge in [0, 0.05) is 40.3 Å². The molecule has 0 saturated carbocycles. The first-order valence-corrected chi connectivity index (χ1v) is 14.0. The van der Waals surface area contributed by atoms with Gasteiger partial charge in [-0.25, -0.2) is 9.97 Å². The molecule has 2 aromatic heterocycles. The Morgan fingerprint density at radius 2 is 1.39 bits per heavy atom. The molecule has 0 fully saturated rings. The van der Waals surface area contributed by atoms with Crippen LogP contribution in [0.25, 0.3) is 22.0 Å². The summed E-state index contributed by atoms with van der Waals surface area (Å²) in [5, 5.41) is 4.87. The minimum atomic E-state index is 0.169. The van der Waals surface area contributed by atoms with Gasteiger partial charge in [0.2, 0.25) is 17.6 Å². The van der Waals surface area contributed by atoms with Crippen LogP contribution in [0.2, 0.25) is 5.02 Å². The summed E-state index contributed by atoms with van der Waals surface area (Å²) in [7, 11) is 4.75. The number of fused-ring (bicyclic) bond motifs is 1. The van der Waals surface area contributed by atoms with Gasteiger partial charge in [0.25, 0.3) is 0 Å². The molecular formula is C31H36ClN9O3. The summed E-state index contributed by atoms with van der Waals surface area (Å²) in [6, 6.07) is 15.0. The van der Waals surface area contributed by atoms with E-state index in [1.807, 2.05) is 62.4 Å². The smallest absolute Gasteiger partial charge is 0.222 e. The van der Waals surface area contributed by atoms with E-state index in [2.05, 4.69) is 25.3 Å². The number of halogens is 1. The van der Waals surface area contributed by atoms with Crippen molar-refractivity contribution in [2.45, 2.75) is 26.8 Å². The van der Waals surface area contributed by atoms with E-state index in [9.17, 15) is 0 Å². The number of ether oxygens (including phenoxy) is 3. The third kappa shape index (κ3) is 6.87. The zero-order valence-electron chi connectivity index (χ0n) is 25.2. The first kappa shape index (κ1) is 31.7. The largest absolute Gasteiger partial charge is 0.493 e. The number of nitrogens with two attached hydrogens (primary N) is 4. The Balaban J connectivity index is 0.000000223. The maximum absolute atomic E-state index is 6.04. The van der Waals surface area contributed by atoms with Crippen molar-refractivity contribution in [3.8, 4) is 28.4 Å². The molecule has 12 nitrogen and oxygen atoms in total. The molecule has 230 valence electrons. The Hall–Kier alpha value is -5.23. The lowest BCUT2D eigenvalue weighted by Gasteiger charge is -2.16. The highest BCUT2D eigenvalue weighted by Gasteiger charge is 2.15. The molecule has 13 heteroatoms. The van der Waals surface area contributed by atoms with Gasteiger partial charge in [0.15, 0.2) is 11.5 Å². The summed E-state index contributed by atoms with van der Waals surface area (Å²) in [6.07, 6.45) is 0.745. The zero-order chi connectivity index (χ0) is 32.0. The third-order valence-corrected chi connectivity index (χ3v) is 7.18. The number of anilines is 5. The fourth-order valence-electron chi connectivity index (χ4n) is 4.79. The molecule has 0 aliphatic heterocycles. The highest BCUT2D eigenvalue weighted by Crippen LogP contribution is 2.40. The quantitative estimate of drug-likeness (QED) is 0.152. The fourth-order valence-corrected chi connectivity index (χ4v) is 4.92. The van der Waals surface area contributed by atoms with E-state index in [4.69, 9.17) is 48.7 Å². The number of nitrogens with zero attached hydrogens (tertiary/aromatic N) is 4. The molecular weight excluding hydrogens is 582 g/mol. The van der Waals surface area contributed by atoms with E-state index in [0.717, 1.165) is 51.0 Å². The molecule has 0 spiro atoms. The maximum Gasteiger partial charge on any atom is 0.222 e. The first-order chi connectivity index (χ1) is 21.1. The average molecular weight is 618 g/mol. The van der Waals surface area contributed by atoms with Crippen molar-refractivity contribution in [2.75, 3.05) is 49.6 Å². The number of nitrogens with one attached hydrogen (secondary N) is 1. The van der Waals surface area contributed by atoms with E-state index < -0.39 is 0 Å². The van der Waals surface area contributed by atoms with Gasteiger partial charge in [0.1, 0.15) is 11.6 Å². The van der Waals surface area contributed by atoms with Crippen LogP contribution in [-0.2, 0) is 13.0 Å². The third-order valence-electron chi connectivity index (χ3n) is 6.93. The van der Waals surface area contributed by atoms with Gasteiger partial charge in [-0.15, -0.1) is 0 Å². The van der Waals surface area contributed by atoms with Gasteiger partial charge in [-0.1, -0.05) is 36.7 Å². The van der Waals surface area contributed by atoms with Crippen molar-refractivity contribution < 1.29 is 14.2 Å². The number of hydrogen-bond donors (Lipinski definition) is 5. The molecule has 0 radical (unpaired) electrons. The number of nitrogen functional groups attached to an aromatic ring is 4. The lowest BCUT2D eigenvalue weighted by molar-refractivity contribution is 0.324.